The zero-order chi connectivity index (χ0) is 17.1. The maximum Gasteiger partial charge on any atom is 0.359 e. The molecular weight excluding hydrogens is 310 g/mol. The second-order valence-electron chi connectivity index (χ2n) is 5.17. The van der Waals surface area contributed by atoms with Gasteiger partial charge in [-0.1, -0.05) is 30.3 Å². The van der Waals surface area contributed by atoms with Crippen molar-refractivity contribution >= 4 is 22.6 Å². The first kappa shape index (κ1) is 15.7. The Bertz CT molecular complexity index is 903. The molecule has 0 saturated heterocycles. The number of benzene rings is 2. The zero-order valence-corrected chi connectivity index (χ0v) is 13.0. The molecule has 3 rings (SSSR count). The number of aromatic nitrogens is 2. The highest BCUT2D eigenvalue weighted by molar-refractivity contribution is 6.02. The zero-order valence-electron chi connectivity index (χ0n) is 13.0. The van der Waals surface area contributed by atoms with Gasteiger partial charge in [0.25, 0.3) is 5.69 Å². The van der Waals surface area contributed by atoms with Gasteiger partial charge in [-0.25, -0.2) is 4.79 Å². The van der Waals surface area contributed by atoms with Crippen LogP contribution in [0.25, 0.3) is 10.9 Å². The quantitative estimate of drug-likeness (QED) is 0.408. The van der Waals surface area contributed by atoms with Gasteiger partial charge in [-0.15, -0.1) is 0 Å². The molecule has 3 aromatic rings. The van der Waals surface area contributed by atoms with Gasteiger partial charge in [0.1, 0.15) is 0 Å². The molecule has 0 radical (unpaired) electrons. The number of hydrogen-bond acceptors (Lipinski definition) is 5. The van der Waals surface area contributed by atoms with Crippen molar-refractivity contribution in [2.45, 2.75) is 13.5 Å². The molecule has 0 spiro atoms. The summed E-state index contributed by atoms with van der Waals surface area (Å²) in [6.45, 7) is 2.36. The van der Waals surface area contributed by atoms with Crippen LogP contribution in [0.3, 0.4) is 0 Å². The number of esters is 1. The Kier molecular flexibility index (Phi) is 4.24. The van der Waals surface area contributed by atoms with Gasteiger partial charge in [-0.2, -0.15) is 5.10 Å². The maximum atomic E-state index is 12.1. The van der Waals surface area contributed by atoms with Gasteiger partial charge in [0.15, 0.2) is 5.69 Å². The average Bonchev–Trinajstić information content (AvgIpc) is 2.94. The first-order valence-electron chi connectivity index (χ1n) is 7.46. The average molecular weight is 325 g/mol. The summed E-state index contributed by atoms with van der Waals surface area (Å²) >= 11 is 0. The smallest absolute Gasteiger partial charge is 0.359 e. The molecule has 122 valence electrons. The normalized spacial score (nSPS) is 10.7. The van der Waals surface area contributed by atoms with E-state index in [1.165, 1.54) is 12.1 Å². The Labute approximate surface area is 137 Å². The molecule has 0 amide bonds. The van der Waals surface area contributed by atoms with Crippen LogP contribution in [-0.4, -0.2) is 27.3 Å². The number of carbonyl (C=O) groups is 1. The second-order valence-corrected chi connectivity index (χ2v) is 5.17. The van der Waals surface area contributed by atoms with E-state index in [1.807, 2.05) is 30.3 Å². The summed E-state index contributed by atoms with van der Waals surface area (Å²) in [6.07, 6.45) is 0. The fourth-order valence-corrected chi connectivity index (χ4v) is 2.51. The minimum absolute atomic E-state index is 0.0893. The summed E-state index contributed by atoms with van der Waals surface area (Å²) in [5, 5.41) is 15.7. The number of ether oxygens (including phenoxy) is 1. The van der Waals surface area contributed by atoms with Crippen molar-refractivity contribution in [2.24, 2.45) is 0 Å². The van der Waals surface area contributed by atoms with E-state index in [0.29, 0.717) is 17.4 Å². The van der Waals surface area contributed by atoms with Crippen LogP contribution in [0, 0.1) is 10.1 Å². The van der Waals surface area contributed by atoms with Crippen LogP contribution in [0.15, 0.2) is 48.5 Å². The molecule has 0 bridgehead atoms. The second kappa shape index (κ2) is 6.49. The van der Waals surface area contributed by atoms with E-state index in [1.54, 1.807) is 17.7 Å². The standard InChI is InChI=1S/C17H15N3O4/c1-2-24-17(21)16-14-10-13(20(22)23)8-9-15(14)19(18-16)11-12-6-4-3-5-7-12/h3-10H,2,11H2,1H3. The van der Waals surface area contributed by atoms with Crippen LogP contribution in [0.5, 0.6) is 0 Å². The molecule has 2 aromatic carbocycles. The summed E-state index contributed by atoms with van der Waals surface area (Å²) in [7, 11) is 0. The summed E-state index contributed by atoms with van der Waals surface area (Å²) in [5.41, 5.74) is 1.65. The molecule has 0 N–H and O–H groups in total. The lowest BCUT2D eigenvalue weighted by Crippen LogP contribution is -2.08. The van der Waals surface area contributed by atoms with Crippen LogP contribution in [0.2, 0.25) is 0 Å². The lowest BCUT2D eigenvalue weighted by molar-refractivity contribution is -0.384. The van der Waals surface area contributed by atoms with Crippen molar-refractivity contribution in [3.8, 4) is 0 Å². The molecule has 0 aliphatic heterocycles. The predicted molar refractivity (Wildman–Crippen MR) is 87.9 cm³/mol. The van der Waals surface area contributed by atoms with E-state index < -0.39 is 10.9 Å². The Hall–Kier alpha value is -3.22. The van der Waals surface area contributed by atoms with Crippen molar-refractivity contribution < 1.29 is 14.5 Å². The van der Waals surface area contributed by atoms with Crippen LogP contribution >= 0.6 is 0 Å². The van der Waals surface area contributed by atoms with Crippen molar-refractivity contribution in [2.75, 3.05) is 6.61 Å². The highest BCUT2D eigenvalue weighted by atomic mass is 16.6. The van der Waals surface area contributed by atoms with Crippen molar-refractivity contribution in [1.29, 1.82) is 0 Å². The van der Waals surface area contributed by atoms with Gasteiger partial charge in [0.05, 0.1) is 23.6 Å². The highest BCUT2D eigenvalue weighted by Crippen LogP contribution is 2.25. The van der Waals surface area contributed by atoms with Gasteiger partial charge < -0.3 is 4.74 Å². The van der Waals surface area contributed by atoms with Gasteiger partial charge >= 0.3 is 5.97 Å². The molecule has 7 heteroatoms. The monoisotopic (exact) mass is 325 g/mol. The minimum atomic E-state index is -0.588. The largest absolute Gasteiger partial charge is 0.461 e. The van der Waals surface area contributed by atoms with E-state index in [0.717, 1.165) is 5.56 Å². The highest BCUT2D eigenvalue weighted by Gasteiger charge is 2.21. The fraction of sp³-hybridized carbons (Fsp3) is 0.176. The molecule has 0 aliphatic rings. The van der Waals surface area contributed by atoms with Gasteiger partial charge in [-0.05, 0) is 18.6 Å². The molecule has 7 nitrogen and oxygen atoms in total. The van der Waals surface area contributed by atoms with Crippen molar-refractivity contribution in [1.82, 2.24) is 9.78 Å². The Balaban J connectivity index is 2.12. The predicted octanol–water partition coefficient (Wildman–Crippen LogP) is 3.17. The van der Waals surface area contributed by atoms with E-state index in [9.17, 15) is 14.9 Å². The molecule has 0 atom stereocenters. The lowest BCUT2D eigenvalue weighted by atomic mass is 10.2. The number of nitro groups is 1. The Morgan fingerprint density at radius 2 is 2.00 bits per heavy atom. The maximum absolute atomic E-state index is 12.1. The molecular formula is C17H15N3O4. The summed E-state index contributed by atoms with van der Waals surface area (Å²) in [4.78, 5) is 22.7. The summed E-state index contributed by atoms with van der Waals surface area (Å²) < 4.78 is 6.67. The third-order valence-corrected chi connectivity index (χ3v) is 3.59. The number of carbonyl (C=O) groups excluding carboxylic acids is 1. The number of nitrogens with zero attached hydrogens (tertiary/aromatic N) is 3. The first-order valence-corrected chi connectivity index (χ1v) is 7.46. The molecule has 0 fully saturated rings. The topological polar surface area (TPSA) is 87.3 Å². The molecule has 1 heterocycles. The van der Waals surface area contributed by atoms with Crippen LogP contribution in [0.1, 0.15) is 23.0 Å². The number of rotatable bonds is 5. The molecule has 0 aliphatic carbocycles. The Morgan fingerprint density at radius 1 is 1.25 bits per heavy atom. The number of hydrogen-bond donors (Lipinski definition) is 0. The minimum Gasteiger partial charge on any atom is -0.461 e. The summed E-state index contributed by atoms with van der Waals surface area (Å²) in [5.74, 6) is -0.588. The molecule has 24 heavy (non-hydrogen) atoms. The molecule has 1 aromatic heterocycles. The fourth-order valence-electron chi connectivity index (χ4n) is 2.51. The van der Waals surface area contributed by atoms with Crippen LogP contribution < -0.4 is 0 Å². The molecule has 0 unspecified atom stereocenters. The van der Waals surface area contributed by atoms with Crippen molar-refractivity contribution in [3.05, 3.63) is 69.9 Å². The lowest BCUT2D eigenvalue weighted by Gasteiger charge is -2.03. The number of nitro benzene ring substituents is 1. The van der Waals surface area contributed by atoms with Gasteiger partial charge in [0.2, 0.25) is 0 Å². The third-order valence-electron chi connectivity index (χ3n) is 3.59. The molecule has 0 saturated carbocycles. The van der Waals surface area contributed by atoms with E-state index in [-0.39, 0.29) is 18.0 Å². The Morgan fingerprint density at radius 3 is 2.67 bits per heavy atom. The number of non-ortho nitro benzene ring substituents is 1. The van der Waals surface area contributed by atoms with Crippen LogP contribution in [-0.2, 0) is 11.3 Å². The number of fused-ring (bicyclic) bond motifs is 1. The van der Waals surface area contributed by atoms with E-state index in [4.69, 9.17) is 4.74 Å². The van der Waals surface area contributed by atoms with Gasteiger partial charge in [0, 0.05) is 17.5 Å². The first-order chi connectivity index (χ1) is 11.6. The van der Waals surface area contributed by atoms with Gasteiger partial charge in [-0.3, -0.25) is 14.8 Å². The SMILES string of the molecule is CCOC(=O)c1nn(Cc2ccccc2)c2ccc([N+](=O)[O-])cc12. The van der Waals surface area contributed by atoms with E-state index in [2.05, 4.69) is 5.10 Å². The third kappa shape index (κ3) is 2.96. The summed E-state index contributed by atoms with van der Waals surface area (Å²) in [6, 6.07) is 14.0. The van der Waals surface area contributed by atoms with Crippen LogP contribution in [0.4, 0.5) is 5.69 Å². The van der Waals surface area contributed by atoms with Crippen molar-refractivity contribution in [3.63, 3.8) is 0 Å². The van der Waals surface area contributed by atoms with E-state index >= 15 is 0 Å².